The Hall–Kier alpha value is -2.41. The number of hydrogen-bond acceptors (Lipinski definition) is 5. The molecule has 0 unspecified atom stereocenters. The molecule has 0 spiro atoms. The van der Waals surface area contributed by atoms with E-state index >= 15 is 0 Å². The molecule has 7 heteroatoms. The number of alkyl halides is 1. The van der Waals surface area contributed by atoms with Gasteiger partial charge in [0.25, 0.3) is 5.91 Å². The van der Waals surface area contributed by atoms with Gasteiger partial charge >= 0.3 is 0 Å². The predicted molar refractivity (Wildman–Crippen MR) is 101 cm³/mol. The number of amides is 1. The van der Waals surface area contributed by atoms with Crippen LogP contribution in [0, 0.1) is 6.92 Å². The molecule has 3 aromatic rings. The lowest BCUT2D eigenvalue weighted by atomic mass is 9.86. The summed E-state index contributed by atoms with van der Waals surface area (Å²) in [6, 6.07) is 7.69. The Balaban J connectivity index is 1.61. The van der Waals surface area contributed by atoms with Crippen LogP contribution in [0.4, 0.5) is 10.2 Å². The van der Waals surface area contributed by atoms with Crippen LogP contribution in [0.5, 0.6) is 0 Å². The van der Waals surface area contributed by atoms with Crippen molar-refractivity contribution in [2.75, 3.05) is 5.32 Å². The highest BCUT2D eigenvalue weighted by atomic mass is 32.1. The third kappa shape index (κ3) is 3.31. The van der Waals surface area contributed by atoms with Crippen molar-refractivity contribution in [2.45, 2.75) is 44.7 Å². The fourth-order valence-corrected chi connectivity index (χ4v) is 4.01. The smallest absolute Gasteiger partial charge is 0.263 e. The third-order valence-corrected chi connectivity index (χ3v) is 5.68. The van der Waals surface area contributed by atoms with E-state index in [-0.39, 0.29) is 12.8 Å². The fraction of sp³-hybridized carbons (Fsp3) is 0.368. The van der Waals surface area contributed by atoms with E-state index in [0.29, 0.717) is 5.82 Å². The maximum absolute atomic E-state index is 14.8. The van der Waals surface area contributed by atoms with Gasteiger partial charge in [0, 0.05) is 17.1 Å². The molecule has 1 N–H and O–H groups in total. The van der Waals surface area contributed by atoms with E-state index in [2.05, 4.69) is 20.5 Å². The van der Waals surface area contributed by atoms with Crippen molar-refractivity contribution in [1.29, 1.82) is 0 Å². The summed E-state index contributed by atoms with van der Waals surface area (Å²) in [5.41, 5.74) is -0.818. The lowest BCUT2D eigenvalue weighted by molar-refractivity contribution is -0.129. The maximum atomic E-state index is 14.8. The SMILES string of the molecule is Cc1nnc(-c2ccc3cnc(NC(=O)C4(F)CCCCC4)cc3c2)s1. The molecule has 1 aliphatic rings. The molecule has 0 aliphatic heterocycles. The maximum Gasteiger partial charge on any atom is 0.263 e. The second-order valence-electron chi connectivity index (χ2n) is 6.74. The van der Waals surface area contributed by atoms with E-state index in [1.165, 1.54) is 11.3 Å². The van der Waals surface area contributed by atoms with Gasteiger partial charge in [0.15, 0.2) is 5.67 Å². The highest BCUT2D eigenvalue weighted by molar-refractivity contribution is 7.14. The summed E-state index contributed by atoms with van der Waals surface area (Å²) in [6.45, 7) is 1.91. The molecule has 2 heterocycles. The number of aryl methyl sites for hydroxylation is 1. The number of nitrogens with one attached hydrogen (secondary N) is 1. The van der Waals surface area contributed by atoms with Crippen molar-refractivity contribution in [3.8, 4) is 10.6 Å². The van der Waals surface area contributed by atoms with Crippen LogP contribution >= 0.6 is 11.3 Å². The number of halogens is 1. The second-order valence-corrected chi connectivity index (χ2v) is 7.92. The minimum atomic E-state index is -1.78. The number of pyridine rings is 1. The van der Waals surface area contributed by atoms with Crippen LogP contribution < -0.4 is 5.32 Å². The third-order valence-electron chi connectivity index (χ3n) is 4.79. The first kappa shape index (κ1) is 17.0. The van der Waals surface area contributed by atoms with Crippen LogP contribution in [0.15, 0.2) is 30.5 Å². The van der Waals surface area contributed by atoms with E-state index in [4.69, 9.17) is 0 Å². The Bertz CT molecular complexity index is 965. The van der Waals surface area contributed by atoms with Crippen LogP contribution in [0.1, 0.15) is 37.1 Å². The quantitative estimate of drug-likeness (QED) is 0.727. The van der Waals surface area contributed by atoms with Crippen LogP contribution in [-0.4, -0.2) is 26.8 Å². The molecule has 1 aliphatic carbocycles. The first-order valence-electron chi connectivity index (χ1n) is 8.74. The molecule has 134 valence electrons. The summed E-state index contributed by atoms with van der Waals surface area (Å²) < 4.78 is 14.8. The molecule has 0 atom stereocenters. The number of rotatable bonds is 3. The molecule has 26 heavy (non-hydrogen) atoms. The van der Waals surface area contributed by atoms with Crippen molar-refractivity contribution in [3.63, 3.8) is 0 Å². The molecular weight excluding hydrogens is 351 g/mol. The number of aromatic nitrogens is 3. The molecule has 0 saturated heterocycles. The molecule has 1 aromatic carbocycles. The Labute approximate surface area is 154 Å². The largest absolute Gasteiger partial charge is 0.308 e. The summed E-state index contributed by atoms with van der Waals surface area (Å²) in [6.07, 6.45) is 4.74. The van der Waals surface area contributed by atoms with Gasteiger partial charge in [-0.25, -0.2) is 9.37 Å². The van der Waals surface area contributed by atoms with Gasteiger partial charge in [0.1, 0.15) is 15.8 Å². The van der Waals surface area contributed by atoms with Gasteiger partial charge in [0.05, 0.1) is 0 Å². The van der Waals surface area contributed by atoms with Crippen molar-refractivity contribution >= 4 is 33.8 Å². The fourth-order valence-electron chi connectivity index (χ4n) is 3.32. The average Bonchev–Trinajstić information content (AvgIpc) is 3.08. The van der Waals surface area contributed by atoms with E-state index in [0.717, 1.165) is 45.6 Å². The van der Waals surface area contributed by atoms with Crippen LogP contribution in [0.25, 0.3) is 21.3 Å². The Morgan fingerprint density at radius 1 is 1.15 bits per heavy atom. The summed E-state index contributed by atoms with van der Waals surface area (Å²) in [5.74, 6) is -0.212. The highest BCUT2D eigenvalue weighted by Gasteiger charge is 2.39. The van der Waals surface area contributed by atoms with Crippen molar-refractivity contribution in [3.05, 3.63) is 35.5 Å². The van der Waals surface area contributed by atoms with Crippen molar-refractivity contribution in [1.82, 2.24) is 15.2 Å². The molecule has 4 rings (SSSR count). The normalized spacial score (nSPS) is 16.5. The number of carbonyl (C=O) groups is 1. The van der Waals surface area contributed by atoms with Gasteiger partial charge < -0.3 is 5.32 Å². The number of nitrogens with zero attached hydrogens (tertiary/aromatic N) is 3. The van der Waals surface area contributed by atoms with Crippen LogP contribution in [0.3, 0.4) is 0 Å². The summed E-state index contributed by atoms with van der Waals surface area (Å²) >= 11 is 1.53. The topological polar surface area (TPSA) is 67.8 Å². The monoisotopic (exact) mass is 370 g/mol. The molecule has 1 amide bonds. The first-order valence-corrected chi connectivity index (χ1v) is 9.56. The van der Waals surface area contributed by atoms with E-state index in [1.54, 1.807) is 12.3 Å². The Morgan fingerprint density at radius 3 is 2.69 bits per heavy atom. The van der Waals surface area contributed by atoms with Gasteiger partial charge in [-0.15, -0.1) is 10.2 Å². The van der Waals surface area contributed by atoms with Gasteiger partial charge in [-0.05, 0) is 50.1 Å². The molecule has 1 saturated carbocycles. The summed E-state index contributed by atoms with van der Waals surface area (Å²) in [7, 11) is 0. The van der Waals surface area contributed by atoms with Gasteiger partial charge in [-0.2, -0.15) is 0 Å². The predicted octanol–water partition coefficient (Wildman–Crippen LogP) is 4.67. The Kier molecular flexibility index (Phi) is 4.40. The first-order chi connectivity index (χ1) is 12.5. The summed E-state index contributed by atoms with van der Waals surface area (Å²) in [4.78, 5) is 16.6. The van der Waals surface area contributed by atoms with Gasteiger partial charge in [-0.1, -0.05) is 29.9 Å². The number of carbonyl (C=O) groups excluding carboxylic acids is 1. The second kappa shape index (κ2) is 6.72. The average molecular weight is 370 g/mol. The standard InChI is InChI=1S/C19H19FN4OS/c1-12-23-24-17(26-12)13-5-6-14-11-21-16(10-15(14)9-13)22-18(25)19(20)7-3-2-4-8-19/h5-6,9-11H,2-4,7-8H2,1H3,(H,21,22,25). The molecule has 0 bridgehead atoms. The number of fused-ring (bicyclic) bond motifs is 1. The van der Waals surface area contributed by atoms with Crippen molar-refractivity contribution in [2.24, 2.45) is 0 Å². The minimum Gasteiger partial charge on any atom is -0.308 e. The molecule has 0 radical (unpaired) electrons. The van der Waals surface area contributed by atoms with E-state index in [9.17, 15) is 9.18 Å². The lowest BCUT2D eigenvalue weighted by Gasteiger charge is -2.27. The number of benzene rings is 1. The van der Waals surface area contributed by atoms with Crippen molar-refractivity contribution < 1.29 is 9.18 Å². The van der Waals surface area contributed by atoms with Crippen LogP contribution in [-0.2, 0) is 4.79 Å². The van der Waals surface area contributed by atoms with Crippen LogP contribution in [0.2, 0.25) is 0 Å². The van der Waals surface area contributed by atoms with E-state index in [1.807, 2.05) is 25.1 Å². The zero-order chi connectivity index (χ0) is 18.1. The highest BCUT2D eigenvalue weighted by Crippen LogP contribution is 2.33. The lowest BCUT2D eigenvalue weighted by Crippen LogP contribution is -2.40. The molecule has 2 aromatic heterocycles. The molecule has 5 nitrogen and oxygen atoms in total. The van der Waals surface area contributed by atoms with Gasteiger partial charge in [0.2, 0.25) is 0 Å². The minimum absolute atomic E-state index is 0.285. The van der Waals surface area contributed by atoms with E-state index < -0.39 is 11.6 Å². The number of anilines is 1. The molecular formula is C19H19FN4OS. The van der Waals surface area contributed by atoms with Gasteiger partial charge in [-0.3, -0.25) is 4.79 Å². The zero-order valence-corrected chi connectivity index (χ0v) is 15.3. The Morgan fingerprint density at radius 2 is 1.96 bits per heavy atom. The zero-order valence-electron chi connectivity index (χ0n) is 14.5. The molecule has 1 fully saturated rings. The summed E-state index contributed by atoms with van der Waals surface area (Å²) in [5, 5.41) is 14.5. The number of hydrogen-bond donors (Lipinski definition) is 1.